The van der Waals surface area contributed by atoms with Gasteiger partial charge in [0, 0.05) is 23.3 Å². The van der Waals surface area contributed by atoms with Crippen LogP contribution >= 0.6 is 23.4 Å². The number of benzene rings is 1. The molecule has 1 N–H and O–H groups in total. The molecule has 1 fully saturated rings. The van der Waals surface area contributed by atoms with Gasteiger partial charge in [-0.25, -0.2) is 4.98 Å². The average Bonchev–Trinajstić information content (AvgIpc) is 3.23. The zero-order valence-electron chi connectivity index (χ0n) is 15.6. The van der Waals surface area contributed by atoms with Gasteiger partial charge in [0.1, 0.15) is 0 Å². The maximum absolute atomic E-state index is 12.5. The second-order valence-electron chi connectivity index (χ2n) is 6.98. The summed E-state index contributed by atoms with van der Waals surface area (Å²) in [6.07, 6.45) is 4.98. The van der Waals surface area contributed by atoms with E-state index in [1.54, 1.807) is 11.8 Å². The molecule has 6 heteroatoms. The normalized spacial score (nSPS) is 16.0. The van der Waals surface area contributed by atoms with Crippen molar-refractivity contribution in [3.05, 3.63) is 46.2 Å². The SMILES string of the molecule is Cc1nc(SC(C)C(=O)NCc2ccc(Cl)cc2)n(C2CCCC2)c1C. The van der Waals surface area contributed by atoms with E-state index in [9.17, 15) is 4.79 Å². The first-order valence-corrected chi connectivity index (χ1v) is 10.5. The van der Waals surface area contributed by atoms with E-state index >= 15 is 0 Å². The molecule has 2 aromatic rings. The number of imidazole rings is 1. The summed E-state index contributed by atoms with van der Waals surface area (Å²) in [5.41, 5.74) is 3.33. The van der Waals surface area contributed by atoms with Gasteiger partial charge < -0.3 is 9.88 Å². The highest BCUT2D eigenvalue weighted by atomic mass is 35.5. The Morgan fingerprint density at radius 1 is 1.31 bits per heavy atom. The lowest BCUT2D eigenvalue weighted by molar-refractivity contribution is -0.120. The van der Waals surface area contributed by atoms with Gasteiger partial charge in [0.05, 0.1) is 10.9 Å². The predicted octanol–water partition coefficient (Wildman–Crippen LogP) is 5.07. The molecule has 0 bridgehead atoms. The highest BCUT2D eigenvalue weighted by Gasteiger charge is 2.25. The topological polar surface area (TPSA) is 46.9 Å². The molecular formula is C20H26ClN3OS. The Morgan fingerprint density at radius 2 is 1.96 bits per heavy atom. The minimum absolute atomic E-state index is 0.0289. The number of aromatic nitrogens is 2. The Labute approximate surface area is 164 Å². The lowest BCUT2D eigenvalue weighted by Crippen LogP contribution is -2.30. The molecule has 1 atom stereocenters. The summed E-state index contributed by atoms with van der Waals surface area (Å²) in [4.78, 5) is 17.3. The minimum atomic E-state index is -0.191. The summed E-state index contributed by atoms with van der Waals surface area (Å²) in [6, 6.07) is 8.07. The van der Waals surface area contributed by atoms with Crippen LogP contribution in [0.15, 0.2) is 29.4 Å². The maximum Gasteiger partial charge on any atom is 0.233 e. The number of hydrogen-bond donors (Lipinski definition) is 1. The summed E-state index contributed by atoms with van der Waals surface area (Å²) < 4.78 is 2.36. The number of amides is 1. The van der Waals surface area contributed by atoms with Crippen LogP contribution in [0.2, 0.25) is 5.02 Å². The first-order valence-electron chi connectivity index (χ1n) is 9.20. The van der Waals surface area contributed by atoms with Crippen molar-refractivity contribution in [3.63, 3.8) is 0 Å². The lowest BCUT2D eigenvalue weighted by Gasteiger charge is -2.18. The van der Waals surface area contributed by atoms with Crippen molar-refractivity contribution < 1.29 is 4.79 Å². The van der Waals surface area contributed by atoms with E-state index in [0.717, 1.165) is 16.4 Å². The van der Waals surface area contributed by atoms with E-state index < -0.39 is 0 Å². The van der Waals surface area contributed by atoms with Gasteiger partial charge in [0.2, 0.25) is 5.91 Å². The second-order valence-corrected chi connectivity index (χ2v) is 8.72. The van der Waals surface area contributed by atoms with Crippen LogP contribution in [0.1, 0.15) is 55.6 Å². The standard InChI is InChI=1S/C20H26ClN3OS/c1-13-14(2)24(18-6-4-5-7-18)20(23-13)26-15(3)19(25)22-12-16-8-10-17(21)11-9-16/h8-11,15,18H,4-7,12H2,1-3H3,(H,22,25). The summed E-state index contributed by atoms with van der Waals surface area (Å²) >= 11 is 7.45. The smallest absolute Gasteiger partial charge is 0.233 e. The lowest BCUT2D eigenvalue weighted by atomic mass is 10.2. The van der Waals surface area contributed by atoms with Crippen molar-refractivity contribution >= 4 is 29.3 Å². The van der Waals surface area contributed by atoms with Crippen molar-refractivity contribution in [2.75, 3.05) is 0 Å². The van der Waals surface area contributed by atoms with Crippen LogP contribution in [0.3, 0.4) is 0 Å². The zero-order valence-corrected chi connectivity index (χ0v) is 17.2. The van der Waals surface area contributed by atoms with Gasteiger partial charge in [-0.1, -0.05) is 48.3 Å². The molecule has 0 saturated heterocycles. The molecule has 1 unspecified atom stereocenters. The van der Waals surface area contributed by atoms with E-state index in [4.69, 9.17) is 16.6 Å². The van der Waals surface area contributed by atoms with Crippen molar-refractivity contribution in [1.82, 2.24) is 14.9 Å². The largest absolute Gasteiger partial charge is 0.351 e. The third-order valence-corrected chi connectivity index (χ3v) is 6.39. The molecule has 0 aliphatic heterocycles. The van der Waals surface area contributed by atoms with E-state index in [1.165, 1.54) is 31.4 Å². The number of nitrogens with one attached hydrogen (secondary N) is 1. The fourth-order valence-electron chi connectivity index (χ4n) is 3.42. The van der Waals surface area contributed by atoms with Gasteiger partial charge in [-0.3, -0.25) is 4.79 Å². The van der Waals surface area contributed by atoms with Crippen LogP contribution < -0.4 is 5.32 Å². The summed E-state index contributed by atoms with van der Waals surface area (Å²) in [7, 11) is 0. The Hall–Kier alpha value is -1.46. The molecule has 1 aromatic heterocycles. The predicted molar refractivity (Wildman–Crippen MR) is 108 cm³/mol. The van der Waals surface area contributed by atoms with Crippen molar-refractivity contribution in [2.45, 2.75) is 69.4 Å². The van der Waals surface area contributed by atoms with Crippen molar-refractivity contribution in [2.24, 2.45) is 0 Å². The average molecular weight is 392 g/mol. The number of carbonyl (C=O) groups is 1. The summed E-state index contributed by atoms with van der Waals surface area (Å²) in [6.45, 7) is 6.64. The summed E-state index contributed by atoms with van der Waals surface area (Å²) in [5.74, 6) is 0.0289. The highest BCUT2D eigenvalue weighted by Crippen LogP contribution is 2.36. The van der Waals surface area contributed by atoms with Crippen molar-refractivity contribution in [3.8, 4) is 0 Å². The van der Waals surface area contributed by atoms with Gasteiger partial charge in [0.15, 0.2) is 5.16 Å². The van der Waals surface area contributed by atoms with Gasteiger partial charge in [-0.2, -0.15) is 0 Å². The van der Waals surface area contributed by atoms with Gasteiger partial charge in [-0.15, -0.1) is 0 Å². The number of rotatable bonds is 6. The van der Waals surface area contributed by atoms with Crippen LogP contribution in [0.4, 0.5) is 0 Å². The quantitative estimate of drug-likeness (QED) is 0.699. The molecule has 1 aliphatic carbocycles. The molecular weight excluding hydrogens is 366 g/mol. The fourth-order valence-corrected chi connectivity index (χ4v) is 4.64. The fraction of sp³-hybridized carbons (Fsp3) is 0.500. The Kier molecular flexibility index (Phi) is 6.30. The number of hydrogen-bond acceptors (Lipinski definition) is 3. The Bertz CT molecular complexity index is 766. The number of halogens is 1. The van der Waals surface area contributed by atoms with Crippen LogP contribution in [0.25, 0.3) is 0 Å². The first kappa shape index (κ1) is 19.3. The maximum atomic E-state index is 12.5. The second kappa shape index (κ2) is 8.49. The van der Waals surface area contributed by atoms with Gasteiger partial charge >= 0.3 is 0 Å². The Balaban J connectivity index is 1.63. The first-order chi connectivity index (χ1) is 12.5. The molecule has 0 radical (unpaired) electrons. The Morgan fingerprint density at radius 3 is 2.62 bits per heavy atom. The highest BCUT2D eigenvalue weighted by molar-refractivity contribution is 8.00. The molecule has 1 amide bonds. The van der Waals surface area contributed by atoms with Crippen LogP contribution in [-0.4, -0.2) is 20.7 Å². The van der Waals surface area contributed by atoms with E-state index in [0.29, 0.717) is 17.6 Å². The molecule has 1 aromatic carbocycles. The number of carbonyl (C=O) groups excluding carboxylic acids is 1. The van der Waals surface area contributed by atoms with Crippen LogP contribution in [-0.2, 0) is 11.3 Å². The zero-order chi connectivity index (χ0) is 18.7. The number of aryl methyl sites for hydroxylation is 1. The molecule has 3 rings (SSSR count). The van der Waals surface area contributed by atoms with Crippen molar-refractivity contribution in [1.29, 1.82) is 0 Å². The van der Waals surface area contributed by atoms with E-state index in [-0.39, 0.29) is 11.2 Å². The molecule has 26 heavy (non-hydrogen) atoms. The summed E-state index contributed by atoms with van der Waals surface area (Å²) in [5, 5.41) is 4.49. The molecule has 4 nitrogen and oxygen atoms in total. The third kappa shape index (κ3) is 4.44. The molecule has 1 heterocycles. The third-order valence-electron chi connectivity index (χ3n) is 5.08. The van der Waals surface area contributed by atoms with Crippen LogP contribution in [0.5, 0.6) is 0 Å². The monoisotopic (exact) mass is 391 g/mol. The van der Waals surface area contributed by atoms with E-state index in [1.807, 2.05) is 31.2 Å². The van der Waals surface area contributed by atoms with Gasteiger partial charge in [-0.05, 0) is 51.3 Å². The molecule has 1 saturated carbocycles. The molecule has 1 aliphatic rings. The molecule has 0 spiro atoms. The number of nitrogens with zero attached hydrogens (tertiary/aromatic N) is 2. The minimum Gasteiger partial charge on any atom is -0.351 e. The van der Waals surface area contributed by atoms with Gasteiger partial charge in [0.25, 0.3) is 0 Å². The van der Waals surface area contributed by atoms with Crippen LogP contribution in [0, 0.1) is 13.8 Å². The number of thioether (sulfide) groups is 1. The molecule has 140 valence electrons. The van der Waals surface area contributed by atoms with E-state index in [2.05, 4.69) is 23.7 Å².